The zero-order chi connectivity index (χ0) is 12.4. The topological polar surface area (TPSA) is 56.5 Å². The molecule has 0 aliphatic rings. The van der Waals surface area contributed by atoms with E-state index in [0.717, 1.165) is 4.47 Å². The molecular weight excluding hydrogens is 288 g/mol. The van der Waals surface area contributed by atoms with Crippen LogP contribution in [0.15, 0.2) is 33.4 Å². The van der Waals surface area contributed by atoms with Gasteiger partial charge >= 0.3 is 5.97 Å². The number of ketones is 1. The van der Waals surface area contributed by atoms with Crippen LogP contribution in [0.1, 0.15) is 16.8 Å². The predicted molar refractivity (Wildman–Crippen MR) is 64.9 cm³/mol. The average Bonchev–Trinajstić information content (AvgIpc) is 2.71. The van der Waals surface area contributed by atoms with Gasteiger partial charge in [-0.3, -0.25) is 9.59 Å². The number of hydrogen-bond acceptors (Lipinski definition) is 4. The molecule has 2 rings (SSSR count). The Bertz CT molecular complexity index is 585. The minimum atomic E-state index is -0.554. The molecule has 0 spiro atoms. The molecule has 0 aliphatic carbocycles. The van der Waals surface area contributed by atoms with Gasteiger partial charge in [-0.15, -0.1) is 0 Å². The molecule has 0 radical (unpaired) electrons. The van der Waals surface area contributed by atoms with Crippen LogP contribution in [0.5, 0.6) is 0 Å². The molecule has 17 heavy (non-hydrogen) atoms. The SMILES string of the molecule is COC(=O)CC(=O)c1coc2cc(Br)ccc12. The zero-order valence-corrected chi connectivity index (χ0v) is 10.6. The van der Waals surface area contributed by atoms with Crippen molar-refractivity contribution in [1.29, 1.82) is 0 Å². The average molecular weight is 297 g/mol. The van der Waals surface area contributed by atoms with Crippen LogP contribution >= 0.6 is 15.9 Å². The lowest BCUT2D eigenvalue weighted by atomic mass is 10.1. The molecule has 0 bridgehead atoms. The molecule has 0 unspecified atom stereocenters. The Balaban J connectivity index is 2.36. The van der Waals surface area contributed by atoms with E-state index < -0.39 is 5.97 Å². The van der Waals surface area contributed by atoms with Crippen LogP contribution in [0, 0.1) is 0 Å². The maximum absolute atomic E-state index is 11.8. The third-order valence-electron chi connectivity index (χ3n) is 2.37. The summed E-state index contributed by atoms with van der Waals surface area (Å²) in [6.45, 7) is 0. The Morgan fingerprint density at radius 3 is 2.88 bits per heavy atom. The summed E-state index contributed by atoms with van der Waals surface area (Å²) in [7, 11) is 1.25. The van der Waals surface area contributed by atoms with Crippen molar-refractivity contribution in [3.05, 3.63) is 34.5 Å². The fraction of sp³-hybridized carbons (Fsp3) is 0.167. The second kappa shape index (κ2) is 4.71. The van der Waals surface area contributed by atoms with Crippen LogP contribution in [0.2, 0.25) is 0 Å². The van der Waals surface area contributed by atoms with Crippen LogP contribution < -0.4 is 0 Å². The van der Waals surface area contributed by atoms with E-state index in [1.807, 2.05) is 6.07 Å². The van der Waals surface area contributed by atoms with Gasteiger partial charge in [0.1, 0.15) is 18.3 Å². The van der Waals surface area contributed by atoms with E-state index in [1.54, 1.807) is 12.1 Å². The number of benzene rings is 1. The number of fused-ring (bicyclic) bond motifs is 1. The fourth-order valence-electron chi connectivity index (χ4n) is 1.52. The molecule has 0 saturated heterocycles. The molecule has 0 fully saturated rings. The molecular formula is C12H9BrO4. The number of Topliss-reactive ketones (excluding diaryl/α,β-unsaturated/α-hetero) is 1. The highest BCUT2D eigenvalue weighted by molar-refractivity contribution is 9.10. The summed E-state index contributed by atoms with van der Waals surface area (Å²) in [6.07, 6.45) is 1.09. The molecule has 4 nitrogen and oxygen atoms in total. The molecule has 0 saturated carbocycles. The van der Waals surface area contributed by atoms with Gasteiger partial charge in [0.15, 0.2) is 5.78 Å². The predicted octanol–water partition coefficient (Wildman–Crippen LogP) is 2.94. The second-order valence-electron chi connectivity index (χ2n) is 3.47. The van der Waals surface area contributed by atoms with Crippen molar-refractivity contribution in [3.63, 3.8) is 0 Å². The highest BCUT2D eigenvalue weighted by atomic mass is 79.9. The molecule has 2 aromatic rings. The first-order valence-corrected chi connectivity index (χ1v) is 5.68. The lowest BCUT2D eigenvalue weighted by Gasteiger charge is -1.97. The summed E-state index contributed by atoms with van der Waals surface area (Å²) in [5.74, 6) is -0.862. The number of carbonyl (C=O) groups is 2. The number of methoxy groups -OCH3 is 1. The first-order chi connectivity index (χ1) is 8.11. The maximum atomic E-state index is 11.8. The third kappa shape index (κ3) is 2.39. The van der Waals surface area contributed by atoms with Crippen LogP contribution in [-0.4, -0.2) is 18.9 Å². The van der Waals surface area contributed by atoms with Crippen molar-refractivity contribution in [2.75, 3.05) is 7.11 Å². The van der Waals surface area contributed by atoms with Crippen LogP contribution in [0.4, 0.5) is 0 Å². The molecule has 88 valence electrons. The van der Waals surface area contributed by atoms with Crippen LogP contribution in [-0.2, 0) is 9.53 Å². The van der Waals surface area contributed by atoms with Gasteiger partial charge in [0.25, 0.3) is 0 Å². The minimum absolute atomic E-state index is 0.277. The summed E-state index contributed by atoms with van der Waals surface area (Å²) < 4.78 is 10.6. The number of furan rings is 1. The normalized spacial score (nSPS) is 10.5. The molecule has 1 aromatic heterocycles. The van der Waals surface area contributed by atoms with Gasteiger partial charge in [0.2, 0.25) is 0 Å². The van der Waals surface area contributed by atoms with Crippen molar-refractivity contribution in [3.8, 4) is 0 Å². The Hall–Kier alpha value is -1.62. The lowest BCUT2D eigenvalue weighted by molar-refractivity contribution is -0.139. The largest absolute Gasteiger partial charge is 0.469 e. The molecule has 1 heterocycles. The van der Waals surface area contributed by atoms with Crippen molar-refractivity contribution in [2.24, 2.45) is 0 Å². The van der Waals surface area contributed by atoms with E-state index in [1.165, 1.54) is 13.4 Å². The van der Waals surface area contributed by atoms with Crippen molar-refractivity contribution >= 4 is 38.7 Å². The smallest absolute Gasteiger partial charge is 0.313 e. The summed E-state index contributed by atoms with van der Waals surface area (Å²) in [4.78, 5) is 22.8. The molecule has 0 aliphatic heterocycles. The maximum Gasteiger partial charge on any atom is 0.313 e. The molecule has 1 aromatic carbocycles. The Labute approximate surface area is 106 Å². The molecule has 0 N–H and O–H groups in total. The monoisotopic (exact) mass is 296 g/mol. The van der Waals surface area contributed by atoms with Crippen LogP contribution in [0.3, 0.4) is 0 Å². The number of rotatable bonds is 3. The van der Waals surface area contributed by atoms with Gasteiger partial charge in [-0.05, 0) is 18.2 Å². The van der Waals surface area contributed by atoms with Crippen LogP contribution in [0.25, 0.3) is 11.0 Å². The number of carbonyl (C=O) groups excluding carboxylic acids is 2. The van der Waals surface area contributed by atoms with Crippen molar-refractivity contribution in [2.45, 2.75) is 6.42 Å². The first kappa shape index (κ1) is 11.9. The van der Waals surface area contributed by atoms with Gasteiger partial charge in [0.05, 0.1) is 12.7 Å². The van der Waals surface area contributed by atoms with E-state index >= 15 is 0 Å². The third-order valence-corrected chi connectivity index (χ3v) is 2.86. The first-order valence-electron chi connectivity index (χ1n) is 4.88. The molecule has 5 heteroatoms. The van der Waals surface area contributed by atoms with E-state index in [0.29, 0.717) is 16.5 Å². The summed E-state index contributed by atoms with van der Waals surface area (Å²) >= 11 is 3.31. The Kier molecular flexibility index (Phi) is 3.28. The summed E-state index contributed by atoms with van der Waals surface area (Å²) in [5.41, 5.74) is 1.01. The highest BCUT2D eigenvalue weighted by Gasteiger charge is 2.17. The Morgan fingerprint density at radius 2 is 2.18 bits per heavy atom. The quantitative estimate of drug-likeness (QED) is 0.496. The number of halogens is 1. The molecule has 0 amide bonds. The fourth-order valence-corrected chi connectivity index (χ4v) is 1.86. The van der Waals surface area contributed by atoms with Crippen molar-refractivity contribution in [1.82, 2.24) is 0 Å². The van der Waals surface area contributed by atoms with E-state index in [4.69, 9.17) is 4.42 Å². The van der Waals surface area contributed by atoms with E-state index in [2.05, 4.69) is 20.7 Å². The summed E-state index contributed by atoms with van der Waals surface area (Å²) in [6, 6.07) is 5.35. The lowest BCUT2D eigenvalue weighted by Crippen LogP contribution is -2.08. The zero-order valence-electron chi connectivity index (χ0n) is 9.03. The van der Waals surface area contributed by atoms with Gasteiger partial charge in [-0.1, -0.05) is 15.9 Å². The number of ether oxygens (including phenoxy) is 1. The van der Waals surface area contributed by atoms with Gasteiger partial charge < -0.3 is 9.15 Å². The van der Waals surface area contributed by atoms with E-state index in [-0.39, 0.29) is 12.2 Å². The van der Waals surface area contributed by atoms with Gasteiger partial charge in [0, 0.05) is 9.86 Å². The standard InChI is InChI=1S/C12H9BrO4/c1-16-12(15)5-10(14)9-6-17-11-4-7(13)2-3-8(9)11/h2-4,6H,5H2,1H3. The highest BCUT2D eigenvalue weighted by Crippen LogP contribution is 2.25. The Morgan fingerprint density at radius 1 is 1.41 bits per heavy atom. The van der Waals surface area contributed by atoms with Gasteiger partial charge in [-0.25, -0.2) is 0 Å². The van der Waals surface area contributed by atoms with E-state index in [9.17, 15) is 9.59 Å². The number of esters is 1. The second-order valence-corrected chi connectivity index (χ2v) is 4.38. The van der Waals surface area contributed by atoms with Crippen molar-refractivity contribution < 1.29 is 18.7 Å². The molecule has 0 atom stereocenters. The minimum Gasteiger partial charge on any atom is -0.469 e. The number of hydrogen-bond donors (Lipinski definition) is 0. The summed E-state index contributed by atoms with van der Waals surface area (Å²) in [5, 5.41) is 0.696. The van der Waals surface area contributed by atoms with Gasteiger partial charge in [-0.2, -0.15) is 0 Å².